The molecule has 1 aromatic carbocycles. The number of aromatic amines is 1. The lowest BCUT2D eigenvalue weighted by atomic mass is 9.96. The number of nitrogens with one attached hydrogen (secondary N) is 3. The van der Waals surface area contributed by atoms with E-state index in [1.54, 1.807) is 30.5 Å². The summed E-state index contributed by atoms with van der Waals surface area (Å²) in [5, 5.41) is 7.91. The lowest BCUT2D eigenvalue weighted by Gasteiger charge is -2.24. The van der Waals surface area contributed by atoms with E-state index in [9.17, 15) is 4.79 Å². The molecule has 5 nitrogen and oxygen atoms in total. The van der Waals surface area contributed by atoms with Gasteiger partial charge in [0.25, 0.3) is 0 Å². The van der Waals surface area contributed by atoms with Gasteiger partial charge in [-0.2, -0.15) is 0 Å². The first-order chi connectivity index (χ1) is 15.9. The Morgan fingerprint density at radius 1 is 1.15 bits per heavy atom. The van der Waals surface area contributed by atoms with Gasteiger partial charge in [0.15, 0.2) is 5.11 Å². The van der Waals surface area contributed by atoms with Crippen LogP contribution in [0.25, 0.3) is 0 Å². The molecule has 1 fully saturated rings. The number of hydrogen-bond donors (Lipinski definition) is 3. The number of pyridine rings is 1. The SMILES string of the molecule is Cc1cc(C(C)c2ccc(NC(=S)NC3CCCCC3)cn2)[nH]c1C(=O)c1ccc(Cl)cc1. The molecule has 0 radical (unpaired) electrons. The molecule has 0 saturated heterocycles. The first kappa shape index (κ1) is 23.5. The average Bonchev–Trinajstić information content (AvgIpc) is 3.21. The quantitative estimate of drug-likeness (QED) is 0.282. The molecule has 33 heavy (non-hydrogen) atoms. The Morgan fingerprint density at radius 2 is 1.88 bits per heavy atom. The molecule has 1 saturated carbocycles. The van der Waals surface area contributed by atoms with E-state index in [1.807, 2.05) is 25.1 Å². The maximum absolute atomic E-state index is 12.9. The number of thiocarbonyl (C=S) groups is 1. The first-order valence-corrected chi connectivity index (χ1v) is 12.2. The summed E-state index contributed by atoms with van der Waals surface area (Å²) in [5.41, 5.74) is 4.84. The van der Waals surface area contributed by atoms with Crippen LogP contribution < -0.4 is 10.6 Å². The Kier molecular flexibility index (Phi) is 7.46. The number of benzene rings is 1. The molecular weight excluding hydrogens is 452 g/mol. The fraction of sp³-hybridized carbons (Fsp3) is 0.346. The van der Waals surface area contributed by atoms with Crippen LogP contribution in [0.4, 0.5) is 5.69 Å². The molecular formula is C26H29ClN4OS. The Bertz CT molecular complexity index is 1120. The van der Waals surface area contributed by atoms with Crippen molar-refractivity contribution in [2.24, 2.45) is 0 Å². The molecule has 0 amide bonds. The van der Waals surface area contributed by atoms with E-state index in [1.165, 1.54) is 32.1 Å². The van der Waals surface area contributed by atoms with E-state index < -0.39 is 0 Å². The van der Waals surface area contributed by atoms with Crippen molar-refractivity contribution in [3.05, 3.63) is 81.9 Å². The Balaban J connectivity index is 1.41. The maximum Gasteiger partial charge on any atom is 0.209 e. The first-order valence-electron chi connectivity index (χ1n) is 11.4. The van der Waals surface area contributed by atoms with Gasteiger partial charge in [0.2, 0.25) is 5.78 Å². The molecule has 2 heterocycles. The lowest BCUT2D eigenvalue weighted by Crippen LogP contribution is -2.38. The molecule has 4 rings (SSSR count). The van der Waals surface area contributed by atoms with Gasteiger partial charge in [0.05, 0.1) is 17.6 Å². The van der Waals surface area contributed by atoms with Crippen molar-refractivity contribution in [3.63, 3.8) is 0 Å². The predicted octanol–water partition coefficient (Wildman–Crippen LogP) is 6.37. The number of nitrogens with zero attached hydrogens (tertiary/aromatic N) is 1. The molecule has 2 aromatic heterocycles. The third-order valence-electron chi connectivity index (χ3n) is 6.26. The van der Waals surface area contributed by atoms with Crippen LogP contribution in [0.5, 0.6) is 0 Å². The highest BCUT2D eigenvalue weighted by Gasteiger charge is 2.19. The number of ketones is 1. The number of rotatable bonds is 6. The van der Waals surface area contributed by atoms with Gasteiger partial charge in [-0.25, -0.2) is 0 Å². The van der Waals surface area contributed by atoms with Gasteiger partial charge in [-0.1, -0.05) is 37.8 Å². The number of H-pyrrole nitrogens is 1. The second-order valence-electron chi connectivity index (χ2n) is 8.75. The van der Waals surface area contributed by atoms with Crippen molar-refractivity contribution in [3.8, 4) is 0 Å². The lowest BCUT2D eigenvalue weighted by molar-refractivity contribution is 0.103. The van der Waals surface area contributed by atoms with E-state index in [0.29, 0.717) is 27.4 Å². The predicted molar refractivity (Wildman–Crippen MR) is 138 cm³/mol. The van der Waals surface area contributed by atoms with Crippen LogP contribution in [0.3, 0.4) is 0 Å². The van der Waals surface area contributed by atoms with Crippen molar-refractivity contribution >= 4 is 40.4 Å². The zero-order valence-electron chi connectivity index (χ0n) is 19.0. The molecule has 1 aliphatic rings. The highest BCUT2D eigenvalue weighted by Crippen LogP contribution is 2.26. The van der Waals surface area contributed by atoms with Gasteiger partial charge >= 0.3 is 0 Å². The highest BCUT2D eigenvalue weighted by molar-refractivity contribution is 7.80. The smallest absolute Gasteiger partial charge is 0.209 e. The van der Waals surface area contributed by atoms with Crippen molar-refractivity contribution < 1.29 is 4.79 Å². The third kappa shape index (κ3) is 5.81. The van der Waals surface area contributed by atoms with Crippen molar-refractivity contribution in [1.82, 2.24) is 15.3 Å². The number of carbonyl (C=O) groups excluding carboxylic acids is 1. The number of anilines is 1. The van der Waals surface area contributed by atoms with Gasteiger partial charge in [-0.3, -0.25) is 9.78 Å². The summed E-state index contributed by atoms with van der Waals surface area (Å²) in [6.07, 6.45) is 8.00. The Labute approximate surface area is 205 Å². The normalized spacial score (nSPS) is 15.1. The molecule has 172 valence electrons. The van der Waals surface area contributed by atoms with Gasteiger partial charge in [-0.05, 0) is 80.0 Å². The summed E-state index contributed by atoms with van der Waals surface area (Å²) < 4.78 is 0. The van der Waals surface area contributed by atoms with E-state index in [-0.39, 0.29) is 11.7 Å². The van der Waals surface area contributed by atoms with Crippen molar-refractivity contribution in [1.29, 1.82) is 0 Å². The van der Waals surface area contributed by atoms with Crippen LogP contribution in [0.15, 0.2) is 48.7 Å². The van der Waals surface area contributed by atoms with E-state index in [0.717, 1.165) is 22.6 Å². The van der Waals surface area contributed by atoms with Crippen LogP contribution in [-0.2, 0) is 0 Å². The molecule has 0 spiro atoms. The zero-order chi connectivity index (χ0) is 23.4. The summed E-state index contributed by atoms with van der Waals surface area (Å²) in [6, 6.07) is 13.4. The second kappa shape index (κ2) is 10.5. The maximum atomic E-state index is 12.9. The Hall–Kier alpha value is -2.70. The molecule has 0 bridgehead atoms. The summed E-state index contributed by atoms with van der Waals surface area (Å²) in [4.78, 5) is 20.9. The summed E-state index contributed by atoms with van der Waals surface area (Å²) in [7, 11) is 0. The average molecular weight is 481 g/mol. The van der Waals surface area contributed by atoms with Crippen molar-refractivity contribution in [2.75, 3.05) is 5.32 Å². The molecule has 3 N–H and O–H groups in total. The van der Waals surface area contributed by atoms with Gasteiger partial charge < -0.3 is 15.6 Å². The minimum Gasteiger partial charge on any atom is -0.360 e. The van der Waals surface area contributed by atoms with Crippen LogP contribution in [0.2, 0.25) is 5.02 Å². The number of aryl methyl sites for hydroxylation is 1. The molecule has 1 aliphatic carbocycles. The van der Waals surface area contributed by atoms with Gasteiger partial charge in [-0.15, -0.1) is 0 Å². The van der Waals surface area contributed by atoms with E-state index >= 15 is 0 Å². The minimum absolute atomic E-state index is 0.0110. The van der Waals surface area contributed by atoms with Crippen molar-refractivity contribution in [2.45, 2.75) is 57.9 Å². The van der Waals surface area contributed by atoms with Crippen LogP contribution in [0.1, 0.15) is 77.9 Å². The molecule has 1 unspecified atom stereocenters. The molecule has 3 aromatic rings. The monoisotopic (exact) mass is 480 g/mol. The topological polar surface area (TPSA) is 69.8 Å². The fourth-order valence-corrected chi connectivity index (χ4v) is 4.70. The molecule has 1 atom stereocenters. The number of aromatic nitrogens is 2. The highest BCUT2D eigenvalue weighted by atomic mass is 35.5. The van der Waals surface area contributed by atoms with Gasteiger partial charge in [0.1, 0.15) is 0 Å². The number of hydrogen-bond acceptors (Lipinski definition) is 3. The molecule has 7 heteroatoms. The number of halogens is 1. The summed E-state index contributed by atoms with van der Waals surface area (Å²) >= 11 is 11.4. The summed E-state index contributed by atoms with van der Waals surface area (Å²) in [5.74, 6) is -0.0362. The third-order valence-corrected chi connectivity index (χ3v) is 6.74. The standard InChI is InChI=1S/C26H29ClN4OS/c1-16-14-23(31-24(16)25(32)18-8-10-19(27)11-9-18)17(2)22-13-12-21(15-28-22)30-26(33)29-20-6-4-3-5-7-20/h8-15,17,20,31H,3-7H2,1-2H3,(H2,29,30,33). The van der Waals surface area contributed by atoms with Crippen LogP contribution in [0, 0.1) is 6.92 Å². The zero-order valence-corrected chi connectivity index (χ0v) is 20.5. The van der Waals surface area contributed by atoms with E-state index in [2.05, 4.69) is 27.5 Å². The Morgan fingerprint density at radius 3 is 2.55 bits per heavy atom. The largest absolute Gasteiger partial charge is 0.360 e. The fourth-order valence-electron chi connectivity index (χ4n) is 4.29. The van der Waals surface area contributed by atoms with Crippen LogP contribution in [-0.4, -0.2) is 26.9 Å². The summed E-state index contributed by atoms with van der Waals surface area (Å²) in [6.45, 7) is 4.02. The molecule has 0 aliphatic heterocycles. The minimum atomic E-state index is -0.0471. The second-order valence-corrected chi connectivity index (χ2v) is 9.59. The van der Waals surface area contributed by atoms with E-state index in [4.69, 9.17) is 23.8 Å². The van der Waals surface area contributed by atoms with Crippen LogP contribution >= 0.6 is 23.8 Å². The number of carbonyl (C=O) groups is 1. The van der Waals surface area contributed by atoms with Gasteiger partial charge in [0, 0.05) is 33.9 Å².